The van der Waals surface area contributed by atoms with Gasteiger partial charge in [0.2, 0.25) is 0 Å². The highest BCUT2D eigenvalue weighted by molar-refractivity contribution is 5.80. The molecule has 1 aromatic heterocycles. The third-order valence-corrected chi connectivity index (χ3v) is 4.85. The largest absolute Gasteiger partial charge is 0.377 e. The monoisotopic (exact) mass is 349 g/mol. The van der Waals surface area contributed by atoms with E-state index < -0.39 is 0 Å². The van der Waals surface area contributed by atoms with Crippen LogP contribution >= 0.6 is 0 Å². The molecule has 3 N–H and O–H groups in total. The normalized spacial score (nSPS) is 13.1. The maximum absolute atomic E-state index is 6.04. The molecule has 0 amide bonds. The van der Waals surface area contributed by atoms with Crippen molar-refractivity contribution in [2.24, 2.45) is 5.73 Å². The second-order valence-corrected chi connectivity index (χ2v) is 6.80. The number of aromatic nitrogens is 1. The predicted octanol–water partition coefficient (Wildman–Crippen LogP) is 5.52. The molecular formula is C23H31N3. The van der Waals surface area contributed by atoms with Gasteiger partial charge in [-0.2, -0.15) is 0 Å². The van der Waals surface area contributed by atoms with Gasteiger partial charge in [0, 0.05) is 23.5 Å². The van der Waals surface area contributed by atoms with Gasteiger partial charge >= 0.3 is 0 Å². The van der Waals surface area contributed by atoms with Gasteiger partial charge in [-0.15, -0.1) is 0 Å². The van der Waals surface area contributed by atoms with Crippen LogP contribution in [0.5, 0.6) is 0 Å². The summed E-state index contributed by atoms with van der Waals surface area (Å²) in [5, 5.41) is 3.73. The van der Waals surface area contributed by atoms with E-state index in [0.29, 0.717) is 0 Å². The van der Waals surface area contributed by atoms with Crippen LogP contribution in [0, 0.1) is 6.92 Å². The van der Waals surface area contributed by atoms with Crippen LogP contribution in [-0.2, 0) is 6.42 Å². The molecule has 0 spiro atoms. The number of hydrogen-bond donors (Lipinski definition) is 2. The summed E-state index contributed by atoms with van der Waals surface area (Å²) in [6.07, 6.45) is 5.75. The summed E-state index contributed by atoms with van der Waals surface area (Å²) in [4.78, 5) is 4.57. The lowest BCUT2D eigenvalue weighted by molar-refractivity contribution is 0.746. The zero-order chi connectivity index (χ0) is 19.3. The molecular weight excluding hydrogens is 318 g/mol. The topological polar surface area (TPSA) is 50.9 Å². The zero-order valence-corrected chi connectivity index (χ0v) is 16.5. The van der Waals surface area contributed by atoms with Crippen molar-refractivity contribution >= 4 is 17.3 Å². The van der Waals surface area contributed by atoms with Crippen LogP contribution in [0.15, 0.2) is 43.6 Å². The number of nitrogens with zero attached hydrogens (tertiary/aromatic N) is 1. The number of nitrogens with one attached hydrogen (secondary N) is 1. The van der Waals surface area contributed by atoms with Crippen molar-refractivity contribution in [1.82, 2.24) is 4.98 Å². The highest BCUT2D eigenvalue weighted by Gasteiger charge is 2.18. The molecule has 3 nitrogen and oxygen atoms in total. The molecule has 1 heterocycles. The molecule has 1 aromatic carbocycles. The Kier molecular flexibility index (Phi) is 6.76. The minimum atomic E-state index is -0.153. The lowest BCUT2D eigenvalue weighted by atomic mass is 9.97. The first kappa shape index (κ1) is 19.9. The molecule has 138 valence electrons. The first-order valence-electron chi connectivity index (χ1n) is 9.35. The van der Waals surface area contributed by atoms with Crippen LogP contribution < -0.4 is 11.1 Å². The molecule has 26 heavy (non-hydrogen) atoms. The molecule has 0 aliphatic rings. The molecule has 2 unspecified atom stereocenters. The Hall–Kier alpha value is -2.39. The van der Waals surface area contributed by atoms with E-state index in [4.69, 9.17) is 5.73 Å². The quantitative estimate of drug-likeness (QED) is 0.660. The lowest BCUT2D eigenvalue weighted by Crippen LogP contribution is -2.19. The average Bonchev–Trinajstić information content (AvgIpc) is 2.66. The second-order valence-electron chi connectivity index (χ2n) is 6.80. The Morgan fingerprint density at radius 1 is 1.35 bits per heavy atom. The van der Waals surface area contributed by atoms with Gasteiger partial charge in [0.1, 0.15) is 0 Å². The van der Waals surface area contributed by atoms with Gasteiger partial charge < -0.3 is 11.1 Å². The van der Waals surface area contributed by atoms with Gasteiger partial charge in [0.25, 0.3) is 0 Å². The molecule has 3 heteroatoms. The van der Waals surface area contributed by atoms with Gasteiger partial charge in [-0.05, 0) is 49.0 Å². The van der Waals surface area contributed by atoms with Gasteiger partial charge in [0.05, 0.1) is 11.7 Å². The van der Waals surface area contributed by atoms with E-state index >= 15 is 0 Å². The summed E-state index contributed by atoms with van der Waals surface area (Å²) in [5.41, 5.74) is 13.4. The lowest BCUT2D eigenvalue weighted by Gasteiger charge is -2.24. The van der Waals surface area contributed by atoms with Crippen molar-refractivity contribution in [2.45, 2.75) is 52.6 Å². The molecule has 2 aromatic rings. The fraction of sp³-hybridized carbons (Fsp3) is 0.348. The SMILES string of the molecule is C=Cc1c(C(=C)C(C)N)ncc(C)c1NC(CC)c1cccc(CC)c1. The second kappa shape index (κ2) is 8.81. The number of rotatable bonds is 8. The van der Waals surface area contributed by atoms with Gasteiger partial charge in [-0.1, -0.05) is 57.3 Å². The van der Waals surface area contributed by atoms with E-state index in [1.165, 1.54) is 11.1 Å². The molecule has 2 atom stereocenters. The van der Waals surface area contributed by atoms with Gasteiger partial charge in [0.15, 0.2) is 0 Å². The molecule has 0 fully saturated rings. The summed E-state index contributed by atoms with van der Waals surface area (Å²) in [5.74, 6) is 0. The predicted molar refractivity (Wildman–Crippen MR) is 114 cm³/mol. The Bertz CT molecular complexity index is 790. The van der Waals surface area contributed by atoms with Crippen LogP contribution in [0.1, 0.15) is 61.2 Å². The standard InChI is InChI=1S/C23H31N3/c1-7-18-11-10-12-19(13-18)21(9-3)26-22-15(4)14-25-23(20(22)8-2)16(5)17(6)24/h8,10-14,17,21H,2,5,7,9,24H2,1,3-4,6H3,(H,25,26). The molecule has 0 saturated carbocycles. The van der Waals surface area contributed by atoms with E-state index in [2.05, 4.69) is 68.5 Å². The number of aryl methyl sites for hydroxylation is 2. The Morgan fingerprint density at radius 2 is 2.08 bits per heavy atom. The third-order valence-electron chi connectivity index (χ3n) is 4.85. The highest BCUT2D eigenvalue weighted by atomic mass is 14.9. The number of benzene rings is 1. The summed E-state index contributed by atoms with van der Waals surface area (Å²) < 4.78 is 0. The number of nitrogens with two attached hydrogens (primary N) is 1. The van der Waals surface area contributed by atoms with Crippen molar-refractivity contribution in [3.8, 4) is 0 Å². The Labute approximate surface area is 158 Å². The number of anilines is 1. The fourth-order valence-electron chi connectivity index (χ4n) is 3.11. The molecule has 0 radical (unpaired) electrons. The number of pyridine rings is 1. The van der Waals surface area contributed by atoms with Crippen LogP contribution in [-0.4, -0.2) is 11.0 Å². The van der Waals surface area contributed by atoms with Gasteiger partial charge in [-0.3, -0.25) is 4.98 Å². The van der Waals surface area contributed by atoms with E-state index in [1.807, 2.05) is 19.2 Å². The Balaban J connectivity index is 2.47. The molecule has 0 bridgehead atoms. The average molecular weight is 350 g/mol. The molecule has 0 saturated heterocycles. The minimum Gasteiger partial charge on any atom is -0.377 e. The third kappa shape index (κ3) is 4.23. The first-order chi connectivity index (χ1) is 12.4. The summed E-state index contributed by atoms with van der Waals surface area (Å²) in [7, 11) is 0. The zero-order valence-electron chi connectivity index (χ0n) is 16.5. The molecule has 2 rings (SSSR count). The Morgan fingerprint density at radius 3 is 2.65 bits per heavy atom. The van der Waals surface area contributed by atoms with E-state index in [-0.39, 0.29) is 12.1 Å². The smallest absolute Gasteiger partial charge is 0.0764 e. The van der Waals surface area contributed by atoms with Gasteiger partial charge in [-0.25, -0.2) is 0 Å². The molecule has 0 aliphatic heterocycles. The van der Waals surface area contributed by atoms with E-state index in [9.17, 15) is 0 Å². The first-order valence-corrected chi connectivity index (χ1v) is 9.35. The fourth-order valence-corrected chi connectivity index (χ4v) is 3.11. The highest BCUT2D eigenvalue weighted by Crippen LogP contribution is 2.32. The molecule has 0 aliphatic carbocycles. The number of hydrogen-bond acceptors (Lipinski definition) is 3. The van der Waals surface area contributed by atoms with Crippen molar-refractivity contribution < 1.29 is 0 Å². The van der Waals surface area contributed by atoms with E-state index in [1.54, 1.807) is 0 Å². The van der Waals surface area contributed by atoms with Crippen LogP contribution in [0.25, 0.3) is 11.6 Å². The van der Waals surface area contributed by atoms with Crippen molar-refractivity contribution in [2.75, 3.05) is 5.32 Å². The van der Waals surface area contributed by atoms with Crippen molar-refractivity contribution in [3.05, 3.63) is 71.6 Å². The maximum atomic E-state index is 6.04. The summed E-state index contributed by atoms with van der Waals surface area (Å²) in [6.45, 7) is 16.5. The maximum Gasteiger partial charge on any atom is 0.0764 e. The van der Waals surface area contributed by atoms with Crippen molar-refractivity contribution in [3.63, 3.8) is 0 Å². The van der Waals surface area contributed by atoms with Crippen LogP contribution in [0.2, 0.25) is 0 Å². The van der Waals surface area contributed by atoms with Crippen LogP contribution in [0.4, 0.5) is 5.69 Å². The van der Waals surface area contributed by atoms with Crippen LogP contribution in [0.3, 0.4) is 0 Å². The van der Waals surface area contributed by atoms with E-state index in [0.717, 1.165) is 40.9 Å². The minimum absolute atomic E-state index is 0.153. The summed E-state index contributed by atoms with van der Waals surface area (Å²) >= 11 is 0. The summed E-state index contributed by atoms with van der Waals surface area (Å²) in [6, 6.07) is 8.85. The van der Waals surface area contributed by atoms with Crippen molar-refractivity contribution in [1.29, 1.82) is 0 Å².